The van der Waals surface area contributed by atoms with Crippen LogP contribution in [0.15, 0.2) is 60.7 Å². The summed E-state index contributed by atoms with van der Waals surface area (Å²) >= 11 is 0. The van der Waals surface area contributed by atoms with Crippen LogP contribution in [-0.4, -0.2) is 8.07 Å². The Balaban J connectivity index is 0. The van der Waals surface area contributed by atoms with Gasteiger partial charge in [0.1, 0.15) is 0 Å². The first-order valence-electron chi connectivity index (χ1n) is 7.38. The van der Waals surface area contributed by atoms with Crippen LogP contribution in [-0.2, 0) is 21.7 Å². The number of aryl methyl sites for hydroxylation is 1. The predicted octanol–water partition coefficient (Wildman–Crippen LogP) is -4.91. The van der Waals surface area contributed by atoms with E-state index in [4.69, 9.17) is 0 Å². The summed E-state index contributed by atoms with van der Waals surface area (Å²) in [6, 6.07) is 23.5. The number of hydrogen-bond acceptors (Lipinski definition) is 0. The Morgan fingerprint density at radius 1 is 0.875 bits per heavy atom. The average Bonchev–Trinajstić information content (AvgIpc) is 2.83. The minimum absolute atomic E-state index is 0. The van der Waals surface area contributed by atoms with Crippen molar-refractivity contribution in [2.75, 3.05) is 0 Å². The minimum Gasteiger partial charge on any atom is -1.00 e. The van der Waals surface area contributed by atoms with Crippen LogP contribution in [0.3, 0.4) is 0 Å². The monoisotopic (exact) mass is 430 g/mol. The Morgan fingerprint density at radius 2 is 1.42 bits per heavy atom. The van der Waals surface area contributed by atoms with Gasteiger partial charge in [-0.1, -0.05) is 68.0 Å². The summed E-state index contributed by atoms with van der Waals surface area (Å²) < 4.78 is 0. The average molecular weight is 432 g/mol. The Bertz CT molecular complexity index is 743. The SMILES string of the molecule is CC[Si](C)(c1ccccc1)c1c(C)[cH-]c2ccccc12.[Cl-].[Cl-].[Cl-].[Ti+4]. The number of rotatable bonds is 3. The van der Waals surface area contributed by atoms with Crippen LogP contribution in [0, 0.1) is 6.92 Å². The van der Waals surface area contributed by atoms with Gasteiger partial charge in [-0.3, -0.25) is 0 Å². The molecule has 0 aliphatic rings. The molecule has 3 aromatic rings. The largest absolute Gasteiger partial charge is 4.00 e. The second-order valence-corrected chi connectivity index (χ2v) is 10.3. The van der Waals surface area contributed by atoms with Gasteiger partial charge in [-0.2, -0.15) is 0 Å². The normalized spacial score (nSPS) is 12.0. The van der Waals surface area contributed by atoms with Crippen molar-refractivity contribution in [3.63, 3.8) is 0 Å². The maximum Gasteiger partial charge on any atom is 4.00 e. The number of halogens is 3. The van der Waals surface area contributed by atoms with Crippen LogP contribution in [0.25, 0.3) is 10.8 Å². The molecule has 0 heterocycles. The van der Waals surface area contributed by atoms with Crippen LogP contribution in [0.4, 0.5) is 0 Å². The molecule has 0 aromatic heterocycles. The molecular formula is C19H21Cl3SiTi. The Labute approximate surface area is 179 Å². The molecule has 0 radical (unpaired) electrons. The quantitative estimate of drug-likeness (QED) is 0.288. The van der Waals surface area contributed by atoms with Crippen molar-refractivity contribution in [1.82, 2.24) is 0 Å². The van der Waals surface area contributed by atoms with Gasteiger partial charge in [-0.15, -0.1) is 45.8 Å². The Morgan fingerprint density at radius 3 is 2.00 bits per heavy atom. The van der Waals surface area contributed by atoms with E-state index >= 15 is 0 Å². The zero-order chi connectivity index (χ0) is 14.2. The van der Waals surface area contributed by atoms with E-state index in [1.54, 1.807) is 10.4 Å². The van der Waals surface area contributed by atoms with Crippen molar-refractivity contribution >= 4 is 29.2 Å². The van der Waals surface area contributed by atoms with Gasteiger partial charge < -0.3 is 37.2 Å². The van der Waals surface area contributed by atoms with E-state index in [9.17, 15) is 0 Å². The van der Waals surface area contributed by atoms with Gasteiger partial charge in [0.15, 0.2) is 0 Å². The molecule has 126 valence electrons. The van der Waals surface area contributed by atoms with Crippen molar-refractivity contribution in [1.29, 1.82) is 0 Å². The Hall–Kier alpha value is -0.149. The van der Waals surface area contributed by atoms with E-state index in [2.05, 4.69) is 81.1 Å². The molecule has 5 heteroatoms. The first-order valence-corrected chi connectivity index (χ1v) is 10.1. The van der Waals surface area contributed by atoms with Crippen LogP contribution >= 0.6 is 0 Å². The summed E-state index contributed by atoms with van der Waals surface area (Å²) in [5.74, 6) is 0. The molecule has 0 amide bonds. The summed E-state index contributed by atoms with van der Waals surface area (Å²) in [7, 11) is -1.63. The van der Waals surface area contributed by atoms with E-state index in [0.29, 0.717) is 0 Å². The van der Waals surface area contributed by atoms with Crippen molar-refractivity contribution in [3.8, 4) is 0 Å². The van der Waals surface area contributed by atoms with Crippen molar-refractivity contribution in [2.24, 2.45) is 0 Å². The van der Waals surface area contributed by atoms with Gasteiger partial charge in [0.25, 0.3) is 0 Å². The van der Waals surface area contributed by atoms with Crippen molar-refractivity contribution < 1.29 is 58.9 Å². The van der Waals surface area contributed by atoms with Gasteiger partial charge in [0.05, 0.1) is 8.07 Å². The van der Waals surface area contributed by atoms with Crippen LogP contribution < -0.4 is 47.6 Å². The molecule has 1 unspecified atom stereocenters. The zero-order valence-electron chi connectivity index (χ0n) is 14.1. The molecular weight excluding hydrogens is 411 g/mol. The fourth-order valence-electron chi connectivity index (χ4n) is 3.43. The number of fused-ring (bicyclic) bond motifs is 1. The van der Waals surface area contributed by atoms with Gasteiger partial charge in [0.2, 0.25) is 0 Å². The summed E-state index contributed by atoms with van der Waals surface area (Å²) in [5.41, 5.74) is 1.46. The standard InChI is InChI=1S/C19H21Si.3ClH.Ti/c1-4-20(3,17-11-6-5-7-12-17)19-15(2)14-16-10-8-9-13-18(16)19;;;;/h5-14H,4H2,1-3H3;3*1H;/q-1;;;;+4/p-3. The third-order valence-electron chi connectivity index (χ3n) is 4.67. The summed E-state index contributed by atoms with van der Waals surface area (Å²) in [5, 5.41) is 6.02. The maximum absolute atomic E-state index is 2.51. The minimum atomic E-state index is -1.63. The van der Waals surface area contributed by atoms with E-state index in [1.807, 2.05) is 0 Å². The summed E-state index contributed by atoms with van der Waals surface area (Å²) in [6.45, 7) is 7.14. The first kappa shape index (κ1) is 26.1. The second-order valence-electron chi connectivity index (χ2n) is 5.84. The third kappa shape index (κ3) is 4.52. The Kier molecular flexibility index (Phi) is 11.7. The number of hydrogen-bond donors (Lipinski definition) is 0. The van der Waals surface area contributed by atoms with Crippen molar-refractivity contribution in [2.45, 2.75) is 26.4 Å². The van der Waals surface area contributed by atoms with Gasteiger partial charge in [-0.25, -0.2) is 0 Å². The molecule has 0 fully saturated rings. The predicted molar refractivity (Wildman–Crippen MR) is 92.1 cm³/mol. The summed E-state index contributed by atoms with van der Waals surface area (Å²) in [6.07, 6.45) is 0. The van der Waals surface area contributed by atoms with E-state index in [-0.39, 0.29) is 58.9 Å². The topological polar surface area (TPSA) is 0 Å². The third-order valence-corrected chi connectivity index (χ3v) is 9.46. The molecule has 0 aliphatic heterocycles. The van der Waals surface area contributed by atoms with E-state index in [0.717, 1.165) is 0 Å². The number of benzene rings is 2. The van der Waals surface area contributed by atoms with Gasteiger partial charge in [0, 0.05) is 0 Å². The molecule has 0 saturated heterocycles. The van der Waals surface area contributed by atoms with Crippen LogP contribution in [0.5, 0.6) is 0 Å². The van der Waals surface area contributed by atoms with Gasteiger partial charge in [-0.05, 0) is 0 Å². The molecule has 0 nitrogen and oxygen atoms in total. The zero-order valence-corrected chi connectivity index (χ0v) is 18.9. The molecule has 0 aliphatic carbocycles. The molecule has 3 aromatic carbocycles. The van der Waals surface area contributed by atoms with Crippen LogP contribution in [0.2, 0.25) is 12.6 Å². The molecule has 0 saturated carbocycles. The molecule has 24 heavy (non-hydrogen) atoms. The first-order chi connectivity index (χ1) is 9.66. The summed E-state index contributed by atoms with van der Waals surface area (Å²) in [4.78, 5) is 0. The smallest absolute Gasteiger partial charge is 1.00 e. The fourth-order valence-corrected chi connectivity index (χ4v) is 7.18. The maximum atomic E-state index is 2.51. The molecule has 0 spiro atoms. The van der Waals surface area contributed by atoms with E-state index in [1.165, 1.54) is 22.4 Å². The fraction of sp³-hybridized carbons (Fsp3) is 0.211. The van der Waals surface area contributed by atoms with Crippen LogP contribution in [0.1, 0.15) is 12.5 Å². The second kappa shape index (κ2) is 10.8. The van der Waals surface area contributed by atoms with Gasteiger partial charge >= 0.3 is 21.7 Å². The molecule has 1 atom stereocenters. The molecule has 3 rings (SSSR count). The van der Waals surface area contributed by atoms with Crippen molar-refractivity contribution in [3.05, 3.63) is 66.2 Å². The molecule has 0 bridgehead atoms. The molecule has 0 N–H and O–H groups in total. The van der Waals surface area contributed by atoms with E-state index < -0.39 is 8.07 Å².